The van der Waals surface area contributed by atoms with Gasteiger partial charge in [-0.3, -0.25) is 0 Å². The Balaban J connectivity index is 2.67. The molecular formula is C10H8ClNO2S2. The van der Waals surface area contributed by atoms with Gasteiger partial charge in [0.15, 0.2) is 5.03 Å². The lowest BCUT2D eigenvalue weighted by atomic mass is 10.2. The predicted molar refractivity (Wildman–Crippen MR) is 65.3 cm³/mol. The molecule has 0 aliphatic rings. The Morgan fingerprint density at radius 2 is 1.88 bits per heavy atom. The molecule has 1 aromatic heterocycles. The van der Waals surface area contributed by atoms with Crippen molar-refractivity contribution in [2.24, 2.45) is 0 Å². The van der Waals surface area contributed by atoms with Gasteiger partial charge in [-0.2, -0.15) is 0 Å². The zero-order chi connectivity index (χ0) is 11.8. The van der Waals surface area contributed by atoms with Crippen LogP contribution in [0.15, 0.2) is 35.4 Å². The number of halogens is 1. The molecule has 84 valence electrons. The molecule has 0 atom stereocenters. The standard InChI is InChI=1S/C10H8ClNO2S2/c1-7-12-10(16(11,13)14)9(15-7)8-5-3-2-4-6-8/h2-6H,1H3. The molecule has 0 amide bonds. The largest absolute Gasteiger partial charge is 0.280 e. The van der Waals surface area contributed by atoms with Crippen LogP contribution in [0.1, 0.15) is 5.01 Å². The van der Waals surface area contributed by atoms with E-state index in [1.165, 1.54) is 11.3 Å². The monoisotopic (exact) mass is 273 g/mol. The van der Waals surface area contributed by atoms with E-state index in [9.17, 15) is 8.42 Å². The number of thiazole rings is 1. The minimum Gasteiger partial charge on any atom is -0.228 e. The van der Waals surface area contributed by atoms with Crippen LogP contribution in [0.25, 0.3) is 10.4 Å². The molecule has 0 radical (unpaired) electrons. The Hall–Kier alpha value is -0.910. The van der Waals surface area contributed by atoms with E-state index < -0.39 is 9.05 Å². The summed E-state index contributed by atoms with van der Waals surface area (Å²) >= 11 is 1.32. The van der Waals surface area contributed by atoms with E-state index >= 15 is 0 Å². The van der Waals surface area contributed by atoms with Crippen molar-refractivity contribution in [3.05, 3.63) is 35.3 Å². The van der Waals surface area contributed by atoms with Gasteiger partial charge in [0, 0.05) is 10.7 Å². The molecule has 0 spiro atoms. The second-order valence-electron chi connectivity index (χ2n) is 3.17. The fourth-order valence-electron chi connectivity index (χ4n) is 1.35. The highest BCUT2D eigenvalue weighted by molar-refractivity contribution is 8.13. The second kappa shape index (κ2) is 4.16. The Bertz CT molecular complexity index is 605. The molecule has 0 saturated carbocycles. The lowest BCUT2D eigenvalue weighted by Crippen LogP contribution is -1.93. The summed E-state index contributed by atoms with van der Waals surface area (Å²) in [6.07, 6.45) is 0. The number of aryl methyl sites for hydroxylation is 1. The van der Waals surface area contributed by atoms with Crippen molar-refractivity contribution in [3.8, 4) is 10.4 Å². The van der Waals surface area contributed by atoms with Crippen LogP contribution in [0, 0.1) is 6.92 Å². The summed E-state index contributed by atoms with van der Waals surface area (Å²) < 4.78 is 22.7. The topological polar surface area (TPSA) is 47.0 Å². The van der Waals surface area contributed by atoms with Crippen molar-refractivity contribution in [1.82, 2.24) is 4.98 Å². The number of benzene rings is 1. The van der Waals surface area contributed by atoms with Crippen molar-refractivity contribution >= 4 is 31.1 Å². The Morgan fingerprint density at radius 1 is 1.25 bits per heavy atom. The molecule has 2 aromatic rings. The molecule has 1 heterocycles. The number of aromatic nitrogens is 1. The minimum absolute atomic E-state index is 0.0529. The molecule has 0 aliphatic heterocycles. The summed E-state index contributed by atoms with van der Waals surface area (Å²) in [5.74, 6) is 0. The zero-order valence-electron chi connectivity index (χ0n) is 8.34. The van der Waals surface area contributed by atoms with E-state index in [-0.39, 0.29) is 5.03 Å². The van der Waals surface area contributed by atoms with Gasteiger partial charge in [-0.25, -0.2) is 13.4 Å². The van der Waals surface area contributed by atoms with Gasteiger partial charge in [0.2, 0.25) is 0 Å². The van der Waals surface area contributed by atoms with Gasteiger partial charge < -0.3 is 0 Å². The first-order valence-electron chi connectivity index (χ1n) is 4.46. The van der Waals surface area contributed by atoms with Crippen molar-refractivity contribution in [1.29, 1.82) is 0 Å². The van der Waals surface area contributed by atoms with Crippen molar-refractivity contribution < 1.29 is 8.42 Å². The van der Waals surface area contributed by atoms with Crippen LogP contribution in [0.2, 0.25) is 0 Å². The van der Waals surface area contributed by atoms with Crippen LogP contribution in [0.4, 0.5) is 0 Å². The summed E-state index contributed by atoms with van der Waals surface area (Å²) in [4.78, 5) is 4.55. The first-order valence-corrected chi connectivity index (χ1v) is 7.58. The molecular weight excluding hydrogens is 266 g/mol. The predicted octanol–water partition coefficient (Wildman–Crippen LogP) is 3.05. The SMILES string of the molecule is Cc1nc(S(=O)(=O)Cl)c(-c2ccccc2)s1. The summed E-state index contributed by atoms with van der Waals surface area (Å²) in [6, 6.07) is 9.22. The average molecular weight is 274 g/mol. The smallest absolute Gasteiger partial charge is 0.228 e. The first-order chi connectivity index (χ1) is 7.48. The van der Waals surface area contributed by atoms with E-state index in [1.54, 1.807) is 6.92 Å². The lowest BCUT2D eigenvalue weighted by molar-refractivity contribution is 0.607. The molecule has 2 rings (SSSR count). The molecule has 0 aliphatic carbocycles. The van der Waals surface area contributed by atoms with Crippen LogP contribution in [-0.4, -0.2) is 13.4 Å². The van der Waals surface area contributed by atoms with Gasteiger partial charge in [-0.1, -0.05) is 30.3 Å². The molecule has 0 N–H and O–H groups in total. The maximum absolute atomic E-state index is 11.3. The van der Waals surface area contributed by atoms with Gasteiger partial charge in [-0.15, -0.1) is 11.3 Å². The van der Waals surface area contributed by atoms with E-state index in [0.717, 1.165) is 5.56 Å². The molecule has 0 bridgehead atoms. The van der Waals surface area contributed by atoms with Gasteiger partial charge in [0.05, 0.1) is 9.88 Å². The van der Waals surface area contributed by atoms with Crippen molar-refractivity contribution in [3.63, 3.8) is 0 Å². The maximum atomic E-state index is 11.3. The third kappa shape index (κ3) is 2.26. The van der Waals surface area contributed by atoms with Crippen LogP contribution in [0.5, 0.6) is 0 Å². The molecule has 0 unspecified atom stereocenters. The van der Waals surface area contributed by atoms with Crippen LogP contribution in [0.3, 0.4) is 0 Å². The lowest BCUT2D eigenvalue weighted by Gasteiger charge is -1.98. The zero-order valence-corrected chi connectivity index (χ0v) is 10.7. The highest BCUT2D eigenvalue weighted by atomic mass is 35.7. The number of hydrogen-bond acceptors (Lipinski definition) is 4. The van der Waals surface area contributed by atoms with Gasteiger partial charge >= 0.3 is 0 Å². The van der Waals surface area contributed by atoms with Gasteiger partial charge in [0.25, 0.3) is 9.05 Å². The molecule has 1 aromatic carbocycles. The molecule has 0 fully saturated rings. The maximum Gasteiger partial charge on any atom is 0.280 e. The molecule has 16 heavy (non-hydrogen) atoms. The first kappa shape index (κ1) is 11.6. The van der Waals surface area contributed by atoms with E-state index in [1.807, 2.05) is 30.3 Å². The van der Waals surface area contributed by atoms with E-state index in [0.29, 0.717) is 9.88 Å². The third-order valence-corrected chi connectivity index (χ3v) is 4.31. The second-order valence-corrected chi connectivity index (χ2v) is 6.86. The molecule has 6 heteroatoms. The highest BCUT2D eigenvalue weighted by Gasteiger charge is 2.21. The number of nitrogens with zero attached hydrogens (tertiary/aromatic N) is 1. The normalized spacial score (nSPS) is 11.6. The van der Waals surface area contributed by atoms with E-state index in [4.69, 9.17) is 10.7 Å². The Morgan fingerprint density at radius 3 is 2.44 bits per heavy atom. The summed E-state index contributed by atoms with van der Waals surface area (Å²) in [7, 11) is 1.55. The number of rotatable bonds is 2. The van der Waals surface area contributed by atoms with Crippen LogP contribution >= 0.6 is 22.0 Å². The average Bonchev–Trinajstić information content (AvgIpc) is 2.61. The summed E-state index contributed by atoms with van der Waals surface area (Å²) in [5.41, 5.74) is 0.812. The van der Waals surface area contributed by atoms with Gasteiger partial charge in [0.1, 0.15) is 0 Å². The van der Waals surface area contributed by atoms with Gasteiger partial charge in [-0.05, 0) is 12.5 Å². The van der Waals surface area contributed by atoms with Crippen LogP contribution in [-0.2, 0) is 9.05 Å². The van der Waals surface area contributed by atoms with E-state index in [2.05, 4.69) is 4.98 Å². The summed E-state index contributed by atoms with van der Waals surface area (Å²) in [5, 5.41) is 0.626. The fourth-order valence-corrected chi connectivity index (χ4v) is 3.73. The quantitative estimate of drug-likeness (QED) is 0.790. The summed E-state index contributed by atoms with van der Waals surface area (Å²) in [6.45, 7) is 1.75. The Kier molecular flexibility index (Phi) is 3.01. The third-order valence-electron chi connectivity index (χ3n) is 1.97. The van der Waals surface area contributed by atoms with Crippen LogP contribution < -0.4 is 0 Å². The minimum atomic E-state index is -3.79. The number of hydrogen-bond donors (Lipinski definition) is 0. The van der Waals surface area contributed by atoms with Crippen molar-refractivity contribution in [2.45, 2.75) is 11.9 Å². The fraction of sp³-hybridized carbons (Fsp3) is 0.100. The Labute approximate surface area is 102 Å². The molecule has 0 saturated heterocycles. The molecule has 3 nitrogen and oxygen atoms in total. The van der Waals surface area contributed by atoms with Crippen molar-refractivity contribution in [2.75, 3.05) is 0 Å². The highest BCUT2D eigenvalue weighted by Crippen LogP contribution is 2.34.